The van der Waals surface area contributed by atoms with Gasteiger partial charge in [0.15, 0.2) is 13.2 Å². The number of aliphatic carboxylic acids is 1. The molecular weight excluding hydrogens is 432 g/mol. The first kappa shape index (κ1) is 22.5. The molecule has 0 aromatic heterocycles. The number of rotatable bonds is 4. The number of primary amides is 1. The van der Waals surface area contributed by atoms with Crippen LogP contribution in [0.3, 0.4) is 0 Å². The second kappa shape index (κ2) is 9.29. The van der Waals surface area contributed by atoms with Gasteiger partial charge in [-0.1, -0.05) is 0 Å². The number of amides is 3. The van der Waals surface area contributed by atoms with Crippen LogP contribution in [0.15, 0.2) is 36.4 Å². The molecule has 12 heteroatoms. The Kier molecular flexibility index (Phi) is 6.52. The highest BCUT2D eigenvalue weighted by molar-refractivity contribution is 6.02. The summed E-state index contributed by atoms with van der Waals surface area (Å²) in [7, 11) is 0. The summed E-state index contributed by atoms with van der Waals surface area (Å²) in [5, 5.41) is 8.65. The molecule has 32 heavy (non-hydrogen) atoms. The van der Waals surface area contributed by atoms with E-state index in [0.29, 0.717) is 5.69 Å². The number of hydrogen-bond acceptors (Lipinski definition) is 6. The summed E-state index contributed by atoms with van der Waals surface area (Å²) >= 11 is 0. The normalized spacial score (nSPS) is 14.3. The van der Waals surface area contributed by atoms with Gasteiger partial charge < -0.3 is 20.3 Å². The lowest BCUT2D eigenvalue weighted by Gasteiger charge is -2.28. The van der Waals surface area contributed by atoms with E-state index in [1.165, 1.54) is 23.1 Å². The van der Waals surface area contributed by atoms with Crippen molar-refractivity contribution in [3.8, 4) is 11.5 Å². The first-order valence-electron chi connectivity index (χ1n) is 9.11. The van der Waals surface area contributed by atoms with Gasteiger partial charge >= 0.3 is 5.97 Å². The third-order valence-electron chi connectivity index (χ3n) is 4.34. The lowest BCUT2D eigenvalue weighted by atomic mass is 10.2. The van der Waals surface area contributed by atoms with Crippen LogP contribution in [-0.2, 0) is 19.2 Å². The minimum Gasteiger partial charge on any atom is -0.481 e. The first-order valence-corrected chi connectivity index (χ1v) is 9.11. The maximum Gasteiger partial charge on any atom is 0.323 e. The number of fused-ring (bicyclic) bond motifs is 2. The van der Waals surface area contributed by atoms with E-state index in [1.807, 2.05) is 0 Å². The lowest BCUT2D eigenvalue weighted by Crippen LogP contribution is -2.43. The minimum atomic E-state index is -1.13. The van der Waals surface area contributed by atoms with E-state index < -0.39 is 36.0 Å². The largest absolute Gasteiger partial charge is 0.481 e. The summed E-state index contributed by atoms with van der Waals surface area (Å²) in [5.41, 5.74) is 5.66. The van der Waals surface area contributed by atoms with Crippen LogP contribution in [0.4, 0.5) is 20.2 Å². The molecule has 4 rings (SSSR count). The average molecular weight is 449 g/mol. The highest BCUT2D eigenvalue weighted by atomic mass is 19.1. The first-order chi connectivity index (χ1) is 15.2. The molecule has 0 aliphatic carbocycles. The summed E-state index contributed by atoms with van der Waals surface area (Å²) in [6.07, 6.45) is 0. The van der Waals surface area contributed by atoms with E-state index in [1.54, 1.807) is 0 Å². The number of nitrogens with zero attached hydrogens (tertiary/aromatic N) is 2. The van der Waals surface area contributed by atoms with E-state index in [9.17, 15) is 28.0 Å². The summed E-state index contributed by atoms with van der Waals surface area (Å²) in [6, 6.07) is 7.33. The molecule has 2 aromatic carbocycles. The van der Waals surface area contributed by atoms with E-state index in [0.717, 1.165) is 23.1 Å². The molecule has 2 aliphatic heterocycles. The Morgan fingerprint density at radius 2 is 1.31 bits per heavy atom. The fraction of sp³-hybridized carbons (Fsp3) is 0.200. The van der Waals surface area contributed by atoms with Gasteiger partial charge in [0, 0.05) is 12.1 Å². The Morgan fingerprint density at radius 3 is 1.72 bits per heavy atom. The fourth-order valence-electron chi connectivity index (χ4n) is 2.99. The fourth-order valence-corrected chi connectivity index (χ4v) is 2.99. The molecule has 2 aromatic rings. The highest BCUT2D eigenvalue weighted by Crippen LogP contribution is 2.33. The number of benzene rings is 2. The monoisotopic (exact) mass is 449 g/mol. The van der Waals surface area contributed by atoms with Crippen molar-refractivity contribution in [1.82, 2.24) is 0 Å². The van der Waals surface area contributed by atoms with Crippen LogP contribution in [0, 0.1) is 11.6 Å². The van der Waals surface area contributed by atoms with Gasteiger partial charge in [-0.2, -0.15) is 0 Å². The van der Waals surface area contributed by atoms with E-state index in [2.05, 4.69) is 0 Å². The molecular formula is C20H17F2N3O7. The Balaban J connectivity index is 0.000000181. The number of anilines is 2. The highest BCUT2D eigenvalue weighted by Gasteiger charge is 2.28. The number of carbonyl (C=O) groups is 4. The third-order valence-corrected chi connectivity index (χ3v) is 4.34. The van der Waals surface area contributed by atoms with Gasteiger partial charge in [0.2, 0.25) is 5.91 Å². The van der Waals surface area contributed by atoms with Gasteiger partial charge in [0.25, 0.3) is 11.8 Å². The van der Waals surface area contributed by atoms with E-state index >= 15 is 0 Å². The zero-order valence-electron chi connectivity index (χ0n) is 16.4. The lowest BCUT2D eigenvalue weighted by molar-refractivity contribution is -0.137. The predicted octanol–water partition coefficient (Wildman–Crippen LogP) is 0.672. The van der Waals surface area contributed by atoms with Crippen LogP contribution < -0.4 is 25.0 Å². The molecule has 0 saturated carbocycles. The molecule has 0 unspecified atom stereocenters. The van der Waals surface area contributed by atoms with Gasteiger partial charge in [-0.3, -0.25) is 29.0 Å². The van der Waals surface area contributed by atoms with Gasteiger partial charge in [0.1, 0.15) is 36.2 Å². The second-order valence-corrected chi connectivity index (χ2v) is 6.62. The maximum atomic E-state index is 12.9. The molecule has 3 N–H and O–H groups in total. The molecule has 2 heterocycles. The Morgan fingerprint density at radius 1 is 0.875 bits per heavy atom. The van der Waals surface area contributed by atoms with Gasteiger partial charge in [-0.05, 0) is 24.3 Å². The summed E-state index contributed by atoms with van der Waals surface area (Å²) in [6.45, 7) is -1.19. The van der Waals surface area contributed by atoms with Crippen molar-refractivity contribution in [2.45, 2.75) is 0 Å². The van der Waals surface area contributed by atoms with E-state index in [-0.39, 0.29) is 42.9 Å². The minimum absolute atomic E-state index is 0.181. The topological polar surface area (TPSA) is 139 Å². The SMILES string of the molecule is NC(=O)CN1C(=O)COc2cc(F)ccc21.O=C(O)CN1C(=O)COc2cc(F)ccc21. The number of halogens is 2. The molecule has 0 atom stereocenters. The molecule has 0 spiro atoms. The maximum absolute atomic E-state index is 12.9. The molecule has 10 nitrogen and oxygen atoms in total. The smallest absolute Gasteiger partial charge is 0.323 e. The number of ether oxygens (including phenoxy) is 2. The molecule has 0 radical (unpaired) electrons. The zero-order valence-corrected chi connectivity index (χ0v) is 16.4. The number of carboxylic acids is 1. The van der Waals surface area contributed by atoms with Crippen molar-refractivity contribution in [2.75, 3.05) is 36.1 Å². The summed E-state index contributed by atoms with van der Waals surface area (Å²) in [4.78, 5) is 46.5. The number of nitrogens with two attached hydrogens (primary N) is 1. The van der Waals surface area contributed by atoms with Crippen molar-refractivity contribution in [1.29, 1.82) is 0 Å². The number of carbonyl (C=O) groups excluding carboxylic acids is 3. The Bertz CT molecular complexity index is 1010. The van der Waals surface area contributed by atoms with Crippen molar-refractivity contribution in [3.63, 3.8) is 0 Å². The van der Waals surface area contributed by atoms with Crippen molar-refractivity contribution in [3.05, 3.63) is 48.0 Å². The molecule has 0 bridgehead atoms. The standard InChI is InChI=1S/C10H9FN2O3.C10H8FNO4/c11-6-1-2-7-8(3-6)16-5-10(15)13(7)4-9(12)14;11-6-1-2-7-8(3-6)16-5-9(13)12(7)4-10(14)15/h1-3H,4-5H2,(H2,12,14);1-3H,4-5H2,(H,14,15). The van der Waals surface area contributed by atoms with Gasteiger partial charge in [-0.15, -0.1) is 0 Å². The molecule has 2 aliphatic rings. The molecule has 0 saturated heterocycles. The van der Waals surface area contributed by atoms with Crippen LogP contribution in [0.1, 0.15) is 0 Å². The Hall–Kier alpha value is -4.22. The average Bonchev–Trinajstić information content (AvgIpc) is 2.72. The Labute approximate surface area is 179 Å². The van der Waals surface area contributed by atoms with Gasteiger partial charge in [0.05, 0.1) is 11.4 Å². The van der Waals surface area contributed by atoms with Crippen LogP contribution in [0.2, 0.25) is 0 Å². The van der Waals surface area contributed by atoms with Crippen molar-refractivity contribution < 1.29 is 42.5 Å². The second-order valence-electron chi connectivity index (χ2n) is 6.62. The van der Waals surface area contributed by atoms with Crippen molar-refractivity contribution >= 4 is 35.1 Å². The van der Waals surface area contributed by atoms with Crippen molar-refractivity contribution in [2.24, 2.45) is 5.73 Å². The predicted molar refractivity (Wildman–Crippen MR) is 105 cm³/mol. The molecule has 3 amide bonds. The van der Waals surface area contributed by atoms with Gasteiger partial charge in [-0.25, -0.2) is 8.78 Å². The van der Waals surface area contributed by atoms with Crippen LogP contribution in [0.5, 0.6) is 11.5 Å². The third kappa shape index (κ3) is 5.09. The summed E-state index contributed by atoms with van der Waals surface area (Å²) < 4.78 is 35.8. The van der Waals surface area contributed by atoms with Crippen LogP contribution in [0.25, 0.3) is 0 Å². The molecule has 168 valence electrons. The van der Waals surface area contributed by atoms with Crippen LogP contribution in [-0.4, -0.2) is 55.1 Å². The van der Waals surface area contributed by atoms with E-state index in [4.69, 9.17) is 20.3 Å². The summed E-state index contributed by atoms with van der Waals surface area (Å²) in [5.74, 6) is -3.15. The van der Waals surface area contributed by atoms with Crippen LogP contribution >= 0.6 is 0 Å². The number of carboxylic acid groups (broad SMARTS) is 1. The zero-order chi connectivity index (χ0) is 23.4. The quantitative estimate of drug-likeness (QED) is 0.699. The number of hydrogen-bond donors (Lipinski definition) is 2. The molecule has 0 fully saturated rings.